The Labute approximate surface area is 144 Å². The van der Waals surface area contributed by atoms with Gasteiger partial charge in [-0.1, -0.05) is 18.2 Å². The van der Waals surface area contributed by atoms with E-state index in [-0.39, 0.29) is 6.61 Å². The number of nitrogens with one attached hydrogen (secondary N) is 1. The summed E-state index contributed by atoms with van der Waals surface area (Å²) in [5, 5.41) is 18.6. The van der Waals surface area contributed by atoms with E-state index >= 15 is 0 Å². The van der Waals surface area contributed by atoms with Gasteiger partial charge < -0.3 is 24.4 Å². The maximum Gasteiger partial charge on any atom is 0.426 e. The predicted octanol–water partition coefficient (Wildman–Crippen LogP) is 2.22. The van der Waals surface area contributed by atoms with Gasteiger partial charge in [0.2, 0.25) is 0 Å². The first-order valence-electron chi connectivity index (χ1n) is 7.50. The Bertz CT molecular complexity index is 619. The highest BCUT2D eigenvalue weighted by molar-refractivity contribution is 5.71. The van der Waals surface area contributed by atoms with Crippen LogP contribution >= 0.6 is 0 Å². The van der Waals surface area contributed by atoms with E-state index in [2.05, 4.69) is 6.58 Å². The minimum atomic E-state index is -1.49. The summed E-state index contributed by atoms with van der Waals surface area (Å²) < 4.78 is 16.5. The van der Waals surface area contributed by atoms with Gasteiger partial charge in [0.25, 0.3) is 0 Å². The molecule has 1 aromatic carbocycles. The van der Waals surface area contributed by atoms with Crippen molar-refractivity contribution in [3.05, 3.63) is 42.5 Å². The molecular weight excluding hydrogens is 332 g/mol. The van der Waals surface area contributed by atoms with Crippen LogP contribution in [0.4, 0.5) is 9.59 Å². The molecule has 2 rings (SSSR count). The summed E-state index contributed by atoms with van der Waals surface area (Å²) in [6.07, 6.45) is -2.36. The van der Waals surface area contributed by atoms with Crippen LogP contribution in [-0.4, -0.2) is 53.3 Å². The van der Waals surface area contributed by atoms with Crippen molar-refractivity contribution in [2.45, 2.75) is 24.9 Å². The van der Waals surface area contributed by atoms with Crippen LogP contribution < -0.4 is 10.2 Å². The van der Waals surface area contributed by atoms with Crippen LogP contribution in [0.15, 0.2) is 36.9 Å². The second-order valence-corrected chi connectivity index (χ2v) is 5.27. The fourth-order valence-corrected chi connectivity index (χ4v) is 2.51. The second kappa shape index (κ2) is 8.36. The van der Waals surface area contributed by atoms with Crippen LogP contribution in [0.2, 0.25) is 0 Å². The smallest absolute Gasteiger partial charge is 0.426 e. The number of hydrogen-bond donors (Lipinski definition) is 3. The highest BCUT2D eigenvalue weighted by Gasteiger charge is 2.39. The lowest BCUT2D eigenvalue weighted by Crippen LogP contribution is -2.59. The standard InChI is InChI=1S/C16H20N2O7/c1-3-4-13-12(18(16(21)22)17-15(19)20)9-24-14(25-13)10-5-7-11(23-2)8-6-10/h3,5-8,12-14,17H,1,4,9H2,2H3,(H,19,20)(H,21,22)/t12-,13+,14?/m1/s1. The minimum Gasteiger partial charge on any atom is -0.497 e. The summed E-state index contributed by atoms with van der Waals surface area (Å²) in [4.78, 5) is 22.2. The van der Waals surface area contributed by atoms with Crippen LogP contribution in [0.25, 0.3) is 0 Å². The van der Waals surface area contributed by atoms with E-state index in [1.54, 1.807) is 37.5 Å². The van der Waals surface area contributed by atoms with Gasteiger partial charge in [0.1, 0.15) is 11.8 Å². The van der Waals surface area contributed by atoms with Gasteiger partial charge >= 0.3 is 12.2 Å². The second-order valence-electron chi connectivity index (χ2n) is 5.27. The molecule has 9 heteroatoms. The number of carbonyl (C=O) groups is 2. The van der Waals surface area contributed by atoms with Crippen LogP contribution in [0, 0.1) is 0 Å². The summed E-state index contributed by atoms with van der Waals surface area (Å²) in [5.41, 5.74) is 2.58. The molecule has 136 valence electrons. The molecule has 1 aliphatic heterocycles. The van der Waals surface area contributed by atoms with Crippen molar-refractivity contribution < 1.29 is 34.0 Å². The summed E-state index contributed by atoms with van der Waals surface area (Å²) in [7, 11) is 1.56. The van der Waals surface area contributed by atoms with Crippen molar-refractivity contribution in [2.24, 2.45) is 0 Å². The Morgan fingerprint density at radius 2 is 2.08 bits per heavy atom. The maximum atomic E-state index is 11.4. The molecule has 1 unspecified atom stereocenters. The molecule has 1 heterocycles. The van der Waals surface area contributed by atoms with Gasteiger partial charge in [-0.15, -0.1) is 6.58 Å². The zero-order chi connectivity index (χ0) is 18.4. The predicted molar refractivity (Wildman–Crippen MR) is 86.2 cm³/mol. The molecule has 0 radical (unpaired) electrons. The molecule has 1 aliphatic rings. The van der Waals surface area contributed by atoms with Crippen LogP contribution in [-0.2, 0) is 9.47 Å². The summed E-state index contributed by atoms with van der Waals surface area (Å²) in [6.45, 7) is 3.59. The molecule has 0 saturated carbocycles. The molecule has 2 amide bonds. The quantitative estimate of drug-likeness (QED) is 0.549. The number of rotatable bonds is 5. The van der Waals surface area contributed by atoms with Gasteiger partial charge in [-0.25, -0.2) is 20.0 Å². The highest BCUT2D eigenvalue weighted by atomic mass is 16.7. The van der Waals surface area contributed by atoms with E-state index in [1.807, 2.05) is 5.43 Å². The lowest BCUT2D eigenvalue weighted by atomic mass is 10.1. The topological polar surface area (TPSA) is 118 Å². The van der Waals surface area contributed by atoms with Crippen LogP contribution in [0.5, 0.6) is 5.75 Å². The van der Waals surface area contributed by atoms with E-state index < -0.39 is 30.6 Å². The highest BCUT2D eigenvalue weighted by Crippen LogP contribution is 2.30. The Balaban J connectivity index is 2.16. The van der Waals surface area contributed by atoms with Gasteiger partial charge in [0.15, 0.2) is 6.29 Å². The summed E-state index contributed by atoms with van der Waals surface area (Å²) >= 11 is 0. The SMILES string of the molecule is C=CC[C@@H]1OC(c2ccc(OC)cc2)OC[C@H]1N(NC(=O)O)C(=O)O. The number of carboxylic acid groups (broad SMARTS) is 2. The van der Waals surface area contributed by atoms with Crippen molar-refractivity contribution >= 4 is 12.2 Å². The summed E-state index contributed by atoms with van der Waals surface area (Å²) in [6, 6.07) is 6.22. The normalized spacial score (nSPS) is 22.7. The number of hydrogen-bond acceptors (Lipinski definition) is 5. The lowest BCUT2D eigenvalue weighted by Gasteiger charge is -2.40. The van der Waals surface area contributed by atoms with E-state index in [0.717, 1.165) is 5.56 Å². The fourth-order valence-electron chi connectivity index (χ4n) is 2.51. The largest absolute Gasteiger partial charge is 0.497 e. The van der Waals surface area contributed by atoms with Gasteiger partial charge in [-0.2, -0.15) is 0 Å². The average Bonchev–Trinajstić information content (AvgIpc) is 2.60. The maximum absolute atomic E-state index is 11.4. The molecule has 0 aliphatic carbocycles. The number of amides is 2. The Morgan fingerprint density at radius 3 is 2.60 bits per heavy atom. The van der Waals surface area contributed by atoms with Gasteiger partial charge in [-0.05, 0) is 18.6 Å². The van der Waals surface area contributed by atoms with Gasteiger partial charge in [0, 0.05) is 5.56 Å². The average molecular weight is 352 g/mol. The number of methoxy groups -OCH3 is 1. The van der Waals surface area contributed by atoms with Crippen LogP contribution in [0.3, 0.4) is 0 Å². The molecule has 25 heavy (non-hydrogen) atoms. The first-order chi connectivity index (χ1) is 12.0. The minimum absolute atomic E-state index is 0.0399. The number of ether oxygens (including phenoxy) is 3. The van der Waals surface area contributed by atoms with E-state index in [0.29, 0.717) is 17.2 Å². The third kappa shape index (κ3) is 4.61. The summed E-state index contributed by atoms with van der Waals surface area (Å²) in [5.74, 6) is 0.683. The van der Waals surface area contributed by atoms with Crippen molar-refractivity contribution in [3.8, 4) is 5.75 Å². The number of nitrogens with zero attached hydrogens (tertiary/aromatic N) is 1. The molecule has 0 bridgehead atoms. The van der Waals surface area contributed by atoms with Gasteiger partial charge in [0.05, 0.1) is 19.8 Å². The monoisotopic (exact) mass is 352 g/mol. The van der Waals surface area contributed by atoms with Crippen molar-refractivity contribution in [1.29, 1.82) is 0 Å². The van der Waals surface area contributed by atoms with E-state index in [9.17, 15) is 14.7 Å². The number of hydrazine groups is 1. The molecule has 3 atom stereocenters. The van der Waals surface area contributed by atoms with Crippen molar-refractivity contribution in [2.75, 3.05) is 13.7 Å². The zero-order valence-electron chi connectivity index (χ0n) is 13.6. The molecular formula is C16H20N2O7. The van der Waals surface area contributed by atoms with E-state index in [1.165, 1.54) is 0 Å². The first-order valence-corrected chi connectivity index (χ1v) is 7.50. The Hall–Kier alpha value is -2.78. The van der Waals surface area contributed by atoms with Crippen LogP contribution in [0.1, 0.15) is 18.3 Å². The van der Waals surface area contributed by atoms with E-state index in [4.69, 9.17) is 19.3 Å². The molecule has 0 spiro atoms. The molecule has 1 saturated heterocycles. The molecule has 9 nitrogen and oxygen atoms in total. The molecule has 0 aromatic heterocycles. The molecule has 3 N–H and O–H groups in total. The third-order valence-corrected chi connectivity index (χ3v) is 3.69. The molecule has 1 fully saturated rings. The van der Waals surface area contributed by atoms with Crippen molar-refractivity contribution in [1.82, 2.24) is 10.4 Å². The van der Waals surface area contributed by atoms with Gasteiger partial charge in [-0.3, -0.25) is 0 Å². The number of benzene rings is 1. The first kappa shape index (κ1) is 18.6. The Morgan fingerprint density at radius 1 is 1.40 bits per heavy atom. The third-order valence-electron chi connectivity index (χ3n) is 3.69. The van der Waals surface area contributed by atoms with Crippen molar-refractivity contribution in [3.63, 3.8) is 0 Å². The molecule has 1 aromatic rings. The fraction of sp³-hybridized carbons (Fsp3) is 0.375. The lowest BCUT2D eigenvalue weighted by molar-refractivity contribution is -0.242. The Kier molecular flexibility index (Phi) is 6.20. The zero-order valence-corrected chi connectivity index (χ0v) is 13.6.